The predicted octanol–water partition coefficient (Wildman–Crippen LogP) is 2.72. The zero-order valence-corrected chi connectivity index (χ0v) is 17.0. The van der Waals surface area contributed by atoms with Crippen LogP contribution < -0.4 is 16.0 Å². The summed E-state index contributed by atoms with van der Waals surface area (Å²) in [5.74, 6) is 0.866. The largest absolute Gasteiger partial charge is 0.356 e. The minimum atomic E-state index is 0.0503. The normalized spacial score (nSPS) is 16.0. The van der Waals surface area contributed by atoms with E-state index >= 15 is 0 Å². The number of nitrogens with one attached hydrogen (secondary N) is 3. The van der Waals surface area contributed by atoms with Gasteiger partial charge in [0.05, 0.1) is 12.7 Å². The van der Waals surface area contributed by atoms with Crippen molar-refractivity contribution in [3.05, 3.63) is 83.7 Å². The lowest BCUT2D eigenvalue weighted by atomic mass is 9.90. The molecule has 7 heteroatoms. The smallest absolute Gasteiger partial charge is 0.225 e. The molecule has 30 heavy (non-hydrogen) atoms. The molecule has 154 valence electrons. The number of nitrogens with zero attached hydrogens (tertiary/aromatic N) is 3. The molecule has 1 aliphatic rings. The fourth-order valence-electron chi connectivity index (χ4n) is 3.66. The van der Waals surface area contributed by atoms with Gasteiger partial charge in [-0.3, -0.25) is 14.5 Å². The average molecular weight is 403 g/mol. The van der Waals surface area contributed by atoms with Crippen LogP contribution in [0.5, 0.6) is 0 Å². The number of hydrogen-bond donors (Lipinski definition) is 3. The van der Waals surface area contributed by atoms with Crippen LogP contribution in [0.1, 0.15) is 29.0 Å². The Morgan fingerprint density at radius 1 is 1.13 bits per heavy atom. The number of carbonyl (C=O) groups is 1. The molecule has 1 amide bonds. The van der Waals surface area contributed by atoms with Crippen LogP contribution in [0.15, 0.2) is 72.0 Å². The van der Waals surface area contributed by atoms with E-state index in [1.54, 1.807) is 7.05 Å². The first kappa shape index (κ1) is 19.7. The Labute approximate surface area is 176 Å². The van der Waals surface area contributed by atoms with Crippen molar-refractivity contribution in [2.75, 3.05) is 18.9 Å². The second-order valence-corrected chi connectivity index (χ2v) is 7.37. The zero-order chi connectivity index (χ0) is 20.8. The van der Waals surface area contributed by atoms with Gasteiger partial charge >= 0.3 is 0 Å². The molecule has 2 aromatic carbocycles. The van der Waals surface area contributed by atoms with E-state index in [0.717, 1.165) is 23.4 Å². The number of hydrogen-bond acceptors (Lipinski definition) is 3. The molecule has 0 saturated carbocycles. The second-order valence-electron chi connectivity index (χ2n) is 7.37. The molecule has 1 atom stereocenters. The van der Waals surface area contributed by atoms with Gasteiger partial charge in [-0.25, -0.2) is 0 Å². The summed E-state index contributed by atoms with van der Waals surface area (Å²) in [5, 5.41) is 14.0. The molecular formula is C23H26N6O. The van der Waals surface area contributed by atoms with Gasteiger partial charge in [0.1, 0.15) is 0 Å². The van der Waals surface area contributed by atoms with Crippen molar-refractivity contribution < 1.29 is 4.79 Å². The van der Waals surface area contributed by atoms with Gasteiger partial charge < -0.3 is 16.0 Å². The van der Waals surface area contributed by atoms with Gasteiger partial charge in [0.25, 0.3) is 0 Å². The SMILES string of the molecule is CN=C(NCc1cnn(Cc2ccccc2)c1)NCC1CC(=O)Nc2ccccc21. The molecule has 0 bridgehead atoms. The highest BCUT2D eigenvalue weighted by Crippen LogP contribution is 2.31. The van der Waals surface area contributed by atoms with Crippen LogP contribution in [0.3, 0.4) is 0 Å². The molecule has 3 aromatic rings. The summed E-state index contributed by atoms with van der Waals surface area (Å²) in [6, 6.07) is 18.2. The Kier molecular flexibility index (Phi) is 6.08. The van der Waals surface area contributed by atoms with Gasteiger partial charge in [0.2, 0.25) is 5.91 Å². The highest BCUT2D eigenvalue weighted by atomic mass is 16.1. The van der Waals surface area contributed by atoms with Gasteiger partial charge in [-0.1, -0.05) is 48.5 Å². The summed E-state index contributed by atoms with van der Waals surface area (Å²) in [4.78, 5) is 16.3. The maximum Gasteiger partial charge on any atom is 0.225 e. The third kappa shape index (κ3) is 4.86. The van der Waals surface area contributed by atoms with Gasteiger partial charge in [0, 0.05) is 49.9 Å². The molecule has 0 spiro atoms. The molecule has 0 aliphatic carbocycles. The molecule has 0 saturated heterocycles. The van der Waals surface area contributed by atoms with E-state index in [1.165, 1.54) is 5.56 Å². The highest BCUT2D eigenvalue weighted by molar-refractivity contribution is 5.94. The summed E-state index contributed by atoms with van der Waals surface area (Å²) in [7, 11) is 1.75. The molecule has 1 aliphatic heterocycles. The standard InChI is InChI=1S/C23H26N6O/c1-24-23(26-14-19-11-22(30)28-21-10-6-5-9-20(19)21)25-12-18-13-27-29(16-18)15-17-7-3-2-4-8-17/h2-10,13,16,19H,11-12,14-15H2,1H3,(H,28,30)(H2,24,25,26). The first-order valence-electron chi connectivity index (χ1n) is 10.1. The third-order valence-corrected chi connectivity index (χ3v) is 5.18. The van der Waals surface area contributed by atoms with Crippen molar-refractivity contribution in [2.45, 2.75) is 25.4 Å². The monoisotopic (exact) mass is 402 g/mol. The van der Waals surface area contributed by atoms with E-state index in [2.05, 4.69) is 44.2 Å². The molecule has 4 rings (SSSR count). The minimum Gasteiger partial charge on any atom is -0.356 e. The van der Waals surface area contributed by atoms with Crippen molar-refractivity contribution in [1.29, 1.82) is 0 Å². The number of para-hydroxylation sites is 1. The van der Waals surface area contributed by atoms with Crippen molar-refractivity contribution in [3.63, 3.8) is 0 Å². The summed E-state index contributed by atoms with van der Waals surface area (Å²) in [6.45, 7) is 2.00. The summed E-state index contributed by atoms with van der Waals surface area (Å²) in [6.07, 6.45) is 4.37. The Morgan fingerprint density at radius 3 is 2.77 bits per heavy atom. The molecule has 2 heterocycles. The Bertz CT molecular complexity index is 1030. The number of aliphatic imine (C=N–C) groups is 1. The zero-order valence-electron chi connectivity index (χ0n) is 17.0. The quantitative estimate of drug-likeness (QED) is 0.437. The summed E-state index contributed by atoms with van der Waals surface area (Å²) >= 11 is 0. The number of amides is 1. The fourth-order valence-corrected chi connectivity index (χ4v) is 3.66. The molecule has 3 N–H and O–H groups in total. The molecule has 0 radical (unpaired) electrons. The number of benzene rings is 2. The van der Waals surface area contributed by atoms with Crippen LogP contribution in [-0.2, 0) is 17.9 Å². The first-order valence-corrected chi connectivity index (χ1v) is 10.1. The summed E-state index contributed by atoms with van der Waals surface area (Å²) in [5.41, 5.74) is 4.35. The number of guanidine groups is 1. The minimum absolute atomic E-state index is 0.0503. The third-order valence-electron chi connectivity index (χ3n) is 5.18. The molecular weight excluding hydrogens is 376 g/mol. The van der Waals surface area contributed by atoms with Crippen LogP contribution in [-0.4, -0.2) is 35.2 Å². The number of anilines is 1. The van der Waals surface area contributed by atoms with Gasteiger partial charge in [-0.05, 0) is 17.2 Å². The number of aromatic nitrogens is 2. The molecule has 1 aromatic heterocycles. The maximum absolute atomic E-state index is 12.0. The number of fused-ring (bicyclic) bond motifs is 1. The van der Waals surface area contributed by atoms with Crippen molar-refractivity contribution >= 4 is 17.6 Å². The van der Waals surface area contributed by atoms with Gasteiger partial charge in [-0.15, -0.1) is 0 Å². The molecule has 7 nitrogen and oxygen atoms in total. The van der Waals surface area contributed by atoms with Crippen molar-refractivity contribution in [2.24, 2.45) is 4.99 Å². The predicted molar refractivity (Wildman–Crippen MR) is 118 cm³/mol. The molecule has 0 fully saturated rings. The lowest BCUT2D eigenvalue weighted by Gasteiger charge is -2.26. The van der Waals surface area contributed by atoms with Crippen LogP contribution in [0.4, 0.5) is 5.69 Å². The van der Waals surface area contributed by atoms with Gasteiger partial charge in [0.15, 0.2) is 5.96 Å². The van der Waals surface area contributed by atoms with Gasteiger partial charge in [-0.2, -0.15) is 5.10 Å². The lowest BCUT2D eigenvalue weighted by Crippen LogP contribution is -2.40. The average Bonchev–Trinajstić information content (AvgIpc) is 3.21. The van der Waals surface area contributed by atoms with E-state index in [-0.39, 0.29) is 11.8 Å². The van der Waals surface area contributed by atoms with Crippen LogP contribution in [0.2, 0.25) is 0 Å². The first-order chi connectivity index (χ1) is 14.7. The Hall–Kier alpha value is -3.61. The Balaban J connectivity index is 1.30. The summed E-state index contributed by atoms with van der Waals surface area (Å²) < 4.78 is 1.93. The van der Waals surface area contributed by atoms with E-state index in [4.69, 9.17) is 0 Å². The van der Waals surface area contributed by atoms with E-state index in [9.17, 15) is 4.79 Å². The van der Waals surface area contributed by atoms with Crippen molar-refractivity contribution in [3.8, 4) is 0 Å². The highest BCUT2D eigenvalue weighted by Gasteiger charge is 2.24. The fraction of sp³-hybridized carbons (Fsp3) is 0.261. The number of carbonyl (C=O) groups excluding carboxylic acids is 1. The maximum atomic E-state index is 12.0. The topological polar surface area (TPSA) is 83.3 Å². The lowest BCUT2D eigenvalue weighted by molar-refractivity contribution is -0.116. The van der Waals surface area contributed by atoms with E-state index < -0.39 is 0 Å². The second kappa shape index (κ2) is 9.26. The Morgan fingerprint density at radius 2 is 1.93 bits per heavy atom. The molecule has 1 unspecified atom stereocenters. The van der Waals surface area contributed by atoms with Crippen LogP contribution >= 0.6 is 0 Å². The van der Waals surface area contributed by atoms with Crippen LogP contribution in [0.25, 0.3) is 0 Å². The van der Waals surface area contributed by atoms with E-state index in [1.807, 2.05) is 53.5 Å². The number of rotatable bonds is 6. The van der Waals surface area contributed by atoms with Crippen LogP contribution in [0, 0.1) is 0 Å². The van der Waals surface area contributed by atoms with E-state index in [0.29, 0.717) is 25.5 Å². The van der Waals surface area contributed by atoms with Crippen molar-refractivity contribution in [1.82, 2.24) is 20.4 Å².